The lowest BCUT2D eigenvalue weighted by molar-refractivity contribution is -0.152. The molecule has 45 nitrogen and oxygen atoms in total. The van der Waals surface area contributed by atoms with Gasteiger partial charge in [-0.05, 0) is 116 Å². The average molecular weight is 1980 g/mol. The predicted molar refractivity (Wildman–Crippen MR) is 515 cm³/mol. The fourth-order valence-electron chi connectivity index (χ4n) is 17.7. The van der Waals surface area contributed by atoms with Gasteiger partial charge in [-0.3, -0.25) is 81.6 Å². The second-order valence-electron chi connectivity index (χ2n) is 37.3. The minimum Gasteiger partial charge on any atom is -0.508 e. The highest BCUT2D eigenvalue weighted by molar-refractivity contribution is 8.00. The summed E-state index contributed by atoms with van der Waals surface area (Å²) in [5.41, 5.74) is 20.7. The number of primary amides is 2. The number of aliphatic hydroxyl groups excluding tert-OH is 5. The van der Waals surface area contributed by atoms with Crippen LogP contribution in [0.4, 0.5) is 0 Å². The summed E-state index contributed by atoms with van der Waals surface area (Å²) in [6.45, 7) is 5.01. The van der Waals surface area contributed by atoms with Crippen LogP contribution < -0.4 is 75.8 Å². The predicted octanol–water partition coefficient (Wildman–Crippen LogP) is -5.98. The van der Waals surface area contributed by atoms with E-state index in [1.165, 1.54) is 66.7 Å². The van der Waals surface area contributed by atoms with E-state index in [1.54, 1.807) is 106 Å². The first-order chi connectivity index (χ1) is 66.9. The number of amides is 15. The van der Waals surface area contributed by atoms with Gasteiger partial charge in [-0.2, -0.15) is 0 Å². The first-order valence-electron chi connectivity index (χ1n) is 46.8. The lowest BCUT2D eigenvalue weighted by Crippen LogP contribution is -2.62. The van der Waals surface area contributed by atoms with Gasteiger partial charge in [-0.25, -0.2) is 0 Å². The lowest BCUT2D eigenvalue weighted by atomic mass is 9.75. The number of thioether (sulfide) groups is 1. The highest BCUT2D eigenvalue weighted by atomic mass is 32.2. The zero-order chi connectivity index (χ0) is 103. The molecule has 47 heteroatoms. The summed E-state index contributed by atoms with van der Waals surface area (Å²) in [6, 6.07) is 8.18. The van der Waals surface area contributed by atoms with Gasteiger partial charge in [-0.15, -0.1) is 11.8 Å². The number of nitrogens with two attached hydrogens (primary N) is 3. The molecule has 18 atom stereocenters. The number of phenolic OH excluding ortho intramolecular Hbond substituents is 1. The normalized spacial score (nSPS) is 20.4. The summed E-state index contributed by atoms with van der Waals surface area (Å²) in [5, 5.41) is 106. The minimum atomic E-state index is -2.07. The quantitative estimate of drug-likeness (QED) is 0.0158. The number of phenols is 1. The number of hydrogen-bond acceptors (Lipinski definition) is 28. The molecule has 141 heavy (non-hydrogen) atoms. The fraction of sp³-hybridized carbons (Fsp3) is 0.532. The molecular formula is C94H131BN20O25S. The smallest absolute Gasteiger partial charge is 0.494 e. The number of aromatic amines is 1. The molecule has 0 spiro atoms. The summed E-state index contributed by atoms with van der Waals surface area (Å²) in [6.07, 6.45) is -9.09. The number of aliphatic hydroxyl groups is 5. The van der Waals surface area contributed by atoms with Gasteiger partial charge in [-0.1, -0.05) is 100 Å². The molecule has 6 heterocycles. The molecule has 1 unspecified atom stereocenters. The van der Waals surface area contributed by atoms with Crippen LogP contribution in [0.2, 0.25) is 0 Å². The van der Waals surface area contributed by atoms with Crippen LogP contribution in [0.5, 0.6) is 5.75 Å². The number of fused-ring (bicyclic) bond motifs is 7. The van der Waals surface area contributed by atoms with Crippen molar-refractivity contribution in [2.24, 2.45) is 29.0 Å². The summed E-state index contributed by atoms with van der Waals surface area (Å²) in [4.78, 5) is 237. The third-order valence-corrected chi connectivity index (χ3v) is 26.1. The standard InChI is InChI=1S/C94H131BN20O25S/c1-49(2)30-61(96)84(128)109-70(85(129)101-39-77(98)121)47-141-48-78(122)102-66(33-52-23-25-57(116)26-24-52)92(136)111(9)51(5)83(127)105-68(37-76(97)120)93(137)114-29-15-22-72(114)89(133)108-69(43-112-40-53-16-14-17-56(32-53)95-139-46-75(119)82(140-95)81(126)80(125)74(118)44-112)88(132)106-65(31-50(3)4)94(138)115-42-58(117)36-73(115)90(134)104-64(34-54-38-100-62-20-12-10-18-59(54)62)87(131)103-63(27-28-99-6)86(130)107-67(91(135)110(7)8)35-55-41-113(45-79(123)124)71-21-13-11-19-60(55)71/h10-14,16-21,23-26,32,38,41,49-51,58,61,63-70,72-75,80-82,99-100,116-119,125-126H,15,22,27-31,33-37,39-40,42-48,96H2,1-9H3,(H2,97,120)(H2,98,121)(H,101,129)(H,102,122)(H,103,131)(H,104,134)(H,105,127)(H,106,132)(H,107,130)(H,108,133)(H,109,128)(H,123,124)/t51-,58+,61-,63-,64-,65-,66-,67-,68-,69-,70-,72-,73-,74+,75?,80+,81-,82+/m0/s1. The molecule has 4 bridgehead atoms. The molecule has 0 aliphatic carbocycles. The number of benzene rings is 4. The molecule has 15 amide bonds. The number of carbonyl (C=O) groups excluding carboxylic acids is 15. The largest absolute Gasteiger partial charge is 0.508 e. The number of nitrogens with one attached hydrogen (secondary N) is 11. The number of likely N-dealkylation sites (tertiary alicyclic amines) is 2. The fourth-order valence-corrected chi connectivity index (χ4v) is 18.5. The van der Waals surface area contributed by atoms with Gasteiger partial charge >= 0.3 is 13.1 Å². The Morgan fingerprint density at radius 1 is 0.610 bits per heavy atom. The number of aliphatic carboxylic acids is 1. The zero-order valence-electron chi connectivity index (χ0n) is 80.2. The molecular weight excluding hydrogens is 1850 g/mol. The Hall–Kier alpha value is -12.7. The highest BCUT2D eigenvalue weighted by Crippen LogP contribution is 2.29. The third kappa shape index (κ3) is 30.4. The maximum Gasteiger partial charge on any atom is 0.494 e. The van der Waals surface area contributed by atoms with Gasteiger partial charge in [0.1, 0.15) is 97.1 Å². The molecule has 3 saturated heterocycles. The molecule has 10 rings (SSSR count). The van der Waals surface area contributed by atoms with Crippen LogP contribution in [0, 0.1) is 11.8 Å². The average Bonchev–Trinajstić information content (AvgIpc) is 1.72. The van der Waals surface area contributed by atoms with Gasteiger partial charge in [0.25, 0.3) is 0 Å². The van der Waals surface area contributed by atoms with Crippen LogP contribution in [0.25, 0.3) is 21.8 Å². The van der Waals surface area contributed by atoms with Crippen LogP contribution >= 0.6 is 11.8 Å². The van der Waals surface area contributed by atoms with Crippen molar-refractivity contribution in [3.05, 3.63) is 132 Å². The van der Waals surface area contributed by atoms with Crippen molar-refractivity contribution in [1.82, 2.24) is 87.2 Å². The summed E-state index contributed by atoms with van der Waals surface area (Å²) in [5.74, 6) is -15.9. The highest BCUT2D eigenvalue weighted by Gasteiger charge is 2.48. The Bertz CT molecular complexity index is 5460. The molecule has 766 valence electrons. The van der Waals surface area contributed by atoms with Crippen molar-refractivity contribution in [3.63, 3.8) is 0 Å². The number of carboxylic acids is 1. The number of aromatic nitrogens is 2. The number of hydrogen-bond donors (Lipinski definition) is 21. The van der Waals surface area contributed by atoms with Crippen molar-refractivity contribution in [3.8, 4) is 5.75 Å². The molecule has 24 N–H and O–H groups in total. The van der Waals surface area contributed by atoms with E-state index in [9.17, 15) is 83.7 Å². The van der Waals surface area contributed by atoms with Gasteiger partial charge in [0.05, 0.1) is 49.7 Å². The lowest BCUT2D eigenvalue weighted by Gasteiger charge is -2.39. The van der Waals surface area contributed by atoms with Crippen molar-refractivity contribution in [2.75, 3.05) is 85.6 Å². The maximum absolute atomic E-state index is 15.9. The first-order valence-corrected chi connectivity index (χ1v) is 48.0. The molecule has 4 aliphatic heterocycles. The Kier molecular flexibility index (Phi) is 40.0. The maximum atomic E-state index is 15.9. The van der Waals surface area contributed by atoms with Crippen LogP contribution in [0.3, 0.4) is 0 Å². The molecule has 4 aromatic carbocycles. The van der Waals surface area contributed by atoms with Crippen LogP contribution in [0.1, 0.15) is 102 Å². The monoisotopic (exact) mass is 1980 g/mol. The van der Waals surface area contributed by atoms with E-state index in [4.69, 9.17) is 26.5 Å². The minimum absolute atomic E-state index is 0.000275. The topological polar surface area (TPSA) is 668 Å². The van der Waals surface area contributed by atoms with Gasteiger partial charge in [0, 0.05) is 120 Å². The van der Waals surface area contributed by atoms with E-state index < -0.39 is 268 Å². The Labute approximate surface area is 818 Å². The third-order valence-electron chi connectivity index (χ3n) is 25.0. The SMILES string of the molecule is CNCC[C@H](NC(=O)[C@H](Cc1c[nH]c2ccccc12)NC(=O)[C@@H]1C[C@@H](O)CN1C(=O)[C@H](CC(C)C)NC(=O)[C@H](CN1Cc2cccc(c2)B2OCC(O)[C@@H](O2)[C@@H](O)[C@H](O)[C@H](O)C1)NC(=O)[C@@H]1CCCN1C(=O)[C@H](CC(N)=O)NC(=O)[C@H](C)N(C)C(=O)[C@H](Cc1ccc(O)cc1)NC(=O)CSC[C@H](NC(=O)[C@@H](N)CC(C)C)C(=O)NCC(N)=O)C(=O)N[C@@H](Cc1cn(CC(=O)O)c2ccccc12)C(=O)N(C)C. The number of rotatable bonds is 46. The van der Waals surface area contributed by atoms with Gasteiger partial charge in [0.2, 0.25) is 88.6 Å². The number of H-pyrrole nitrogens is 1. The number of likely N-dealkylation sites (N-methyl/N-ethyl adjacent to an activating group) is 2. The van der Waals surface area contributed by atoms with Gasteiger partial charge < -0.3 is 145 Å². The number of β-amino-alcohol motifs (C(OH)–C–C–N with tert-alkyl or cyclic N) is 2. The van der Waals surface area contributed by atoms with E-state index in [-0.39, 0.29) is 95.0 Å². The van der Waals surface area contributed by atoms with Crippen molar-refractivity contribution >= 4 is 141 Å². The van der Waals surface area contributed by atoms with Crippen LogP contribution in [0.15, 0.2) is 109 Å². The van der Waals surface area contributed by atoms with Gasteiger partial charge in [0.15, 0.2) is 0 Å². The second-order valence-corrected chi connectivity index (χ2v) is 38.3. The number of carboxylic acid groups (broad SMARTS) is 1. The van der Waals surface area contributed by atoms with Crippen molar-refractivity contribution in [2.45, 2.75) is 221 Å². The Morgan fingerprint density at radius 2 is 1.23 bits per heavy atom. The number of carbonyl (C=O) groups is 16. The van der Waals surface area contributed by atoms with Crippen LogP contribution in [-0.2, 0) is 118 Å². The zero-order valence-corrected chi connectivity index (χ0v) is 81.0. The van der Waals surface area contributed by atoms with E-state index in [0.717, 1.165) is 26.5 Å². The van der Waals surface area contributed by atoms with E-state index >= 15 is 28.8 Å². The van der Waals surface area contributed by atoms with E-state index in [0.29, 0.717) is 49.5 Å². The molecule has 6 aromatic rings. The first kappa shape index (κ1) is 110. The summed E-state index contributed by atoms with van der Waals surface area (Å²) < 4.78 is 13.3. The number of nitrogens with zero attached hydrogens (tertiary/aromatic N) is 6. The van der Waals surface area contributed by atoms with E-state index in [1.807, 2.05) is 13.8 Å². The molecule has 4 aliphatic rings. The molecule has 0 radical (unpaired) electrons. The summed E-state index contributed by atoms with van der Waals surface area (Å²) in [7, 11) is 4.59. The summed E-state index contributed by atoms with van der Waals surface area (Å²) >= 11 is 0.860. The van der Waals surface area contributed by atoms with Crippen molar-refractivity contribution in [1.29, 1.82) is 0 Å². The Morgan fingerprint density at radius 3 is 1.91 bits per heavy atom. The van der Waals surface area contributed by atoms with Crippen molar-refractivity contribution < 1.29 is 122 Å². The molecule has 2 aromatic heterocycles. The van der Waals surface area contributed by atoms with Crippen LogP contribution in [-0.4, -0.2) is 366 Å². The number of aromatic hydroxyl groups is 1. The number of para-hydroxylation sites is 2. The second kappa shape index (κ2) is 51.1. The Balaban J connectivity index is 0.907. The van der Waals surface area contributed by atoms with E-state index in [2.05, 4.69) is 58.2 Å². The molecule has 3 fully saturated rings. The molecule has 0 saturated carbocycles.